The van der Waals surface area contributed by atoms with E-state index < -0.39 is 5.82 Å². The molecule has 0 saturated heterocycles. The van der Waals surface area contributed by atoms with Crippen molar-refractivity contribution < 1.29 is 13.3 Å². The van der Waals surface area contributed by atoms with Gasteiger partial charge in [-0.3, -0.25) is 4.68 Å². The molecule has 1 aromatic carbocycles. The van der Waals surface area contributed by atoms with Gasteiger partial charge in [0.2, 0.25) is 0 Å². The Bertz CT molecular complexity index is 1150. The second kappa shape index (κ2) is 10.1. The van der Waals surface area contributed by atoms with E-state index in [1.165, 1.54) is 44.4 Å². The van der Waals surface area contributed by atoms with Crippen LogP contribution < -0.4 is 5.32 Å². The maximum absolute atomic E-state index is 14.1. The summed E-state index contributed by atoms with van der Waals surface area (Å²) in [4.78, 5) is 8.13. The third-order valence-electron chi connectivity index (χ3n) is 5.22. The zero-order valence-electron chi connectivity index (χ0n) is 17.8. The molecule has 0 spiro atoms. The summed E-state index contributed by atoms with van der Waals surface area (Å²) in [6, 6.07) is 9.81. The summed E-state index contributed by atoms with van der Waals surface area (Å²) in [5.74, 6) is -0.607. The van der Waals surface area contributed by atoms with Crippen molar-refractivity contribution in [2.45, 2.75) is 38.6 Å². The standard InChI is InChI=1S/C18H14F2N6O.C5H10/c1-21-17-13(20)9-22-18(23-17)15-8-16(14-6-7-27-25-14)26(24-15)10-11-4-2-3-5-12(11)19;1-2-4-5-3-1/h2-9H,10H2,1H3,(H,21,22,23);1-5H2. The Morgan fingerprint density at radius 2 is 1.75 bits per heavy atom. The van der Waals surface area contributed by atoms with Gasteiger partial charge < -0.3 is 9.84 Å². The largest absolute Gasteiger partial charge is 0.371 e. The zero-order valence-corrected chi connectivity index (χ0v) is 17.8. The van der Waals surface area contributed by atoms with Crippen LogP contribution in [0.15, 0.2) is 53.4 Å². The van der Waals surface area contributed by atoms with Crippen molar-refractivity contribution in [3.63, 3.8) is 0 Å². The van der Waals surface area contributed by atoms with Crippen molar-refractivity contribution in [3.05, 3.63) is 66.1 Å². The van der Waals surface area contributed by atoms with E-state index >= 15 is 0 Å². The summed E-state index contributed by atoms with van der Waals surface area (Å²) >= 11 is 0. The smallest absolute Gasteiger partial charge is 0.183 e. The van der Waals surface area contributed by atoms with E-state index in [1.807, 2.05) is 0 Å². The van der Waals surface area contributed by atoms with Crippen molar-refractivity contribution in [1.29, 1.82) is 0 Å². The minimum absolute atomic E-state index is 0.0617. The lowest BCUT2D eigenvalue weighted by atomic mass is 10.2. The number of hydrogen-bond donors (Lipinski definition) is 1. The second-order valence-corrected chi connectivity index (χ2v) is 7.46. The highest BCUT2D eigenvalue weighted by Crippen LogP contribution is 2.25. The number of nitrogens with one attached hydrogen (secondary N) is 1. The molecule has 1 aliphatic carbocycles. The summed E-state index contributed by atoms with van der Waals surface area (Å²) < 4.78 is 34.2. The molecule has 0 radical (unpaired) electrons. The van der Waals surface area contributed by atoms with Gasteiger partial charge in [-0.15, -0.1) is 0 Å². The van der Waals surface area contributed by atoms with E-state index in [2.05, 4.69) is 25.5 Å². The van der Waals surface area contributed by atoms with Gasteiger partial charge in [-0.2, -0.15) is 5.10 Å². The first-order valence-corrected chi connectivity index (χ1v) is 10.6. The minimum Gasteiger partial charge on any atom is -0.371 e. The maximum atomic E-state index is 14.1. The third kappa shape index (κ3) is 4.99. The van der Waals surface area contributed by atoms with Crippen molar-refractivity contribution >= 4 is 5.82 Å². The molecule has 1 saturated carbocycles. The lowest BCUT2D eigenvalue weighted by molar-refractivity contribution is 0.421. The molecular weight excluding hydrogens is 414 g/mol. The molecule has 3 aromatic heterocycles. The van der Waals surface area contributed by atoms with Crippen molar-refractivity contribution in [3.8, 4) is 22.9 Å². The van der Waals surface area contributed by atoms with E-state index in [9.17, 15) is 8.78 Å². The van der Waals surface area contributed by atoms with Gasteiger partial charge in [-0.25, -0.2) is 18.7 Å². The fraction of sp³-hybridized carbons (Fsp3) is 0.304. The summed E-state index contributed by atoms with van der Waals surface area (Å²) in [5.41, 5.74) is 2.00. The number of benzene rings is 1. The molecule has 166 valence electrons. The Hall–Kier alpha value is -3.62. The van der Waals surface area contributed by atoms with Gasteiger partial charge in [0.25, 0.3) is 0 Å². The Morgan fingerprint density at radius 3 is 2.41 bits per heavy atom. The summed E-state index contributed by atoms with van der Waals surface area (Å²) in [5, 5.41) is 11.1. The van der Waals surface area contributed by atoms with Crippen molar-refractivity contribution in [2.24, 2.45) is 0 Å². The van der Waals surface area contributed by atoms with Gasteiger partial charge >= 0.3 is 0 Å². The van der Waals surface area contributed by atoms with Gasteiger partial charge in [0.05, 0.1) is 18.4 Å². The predicted octanol–water partition coefficient (Wildman–Crippen LogP) is 5.31. The van der Waals surface area contributed by atoms with Crippen molar-refractivity contribution in [2.75, 3.05) is 12.4 Å². The van der Waals surface area contributed by atoms with Crippen LogP contribution in [0.3, 0.4) is 0 Å². The Labute approximate surface area is 184 Å². The monoisotopic (exact) mass is 438 g/mol. The summed E-state index contributed by atoms with van der Waals surface area (Å²) in [7, 11) is 1.56. The van der Waals surface area contributed by atoms with Gasteiger partial charge in [0.15, 0.2) is 17.5 Å². The van der Waals surface area contributed by atoms with E-state index in [0.717, 1.165) is 6.20 Å². The minimum atomic E-state index is -0.566. The molecule has 3 heterocycles. The van der Waals surface area contributed by atoms with Crippen LogP contribution >= 0.6 is 0 Å². The molecule has 1 fully saturated rings. The van der Waals surface area contributed by atoms with Crippen LogP contribution in [0, 0.1) is 11.6 Å². The van der Waals surface area contributed by atoms with Crippen molar-refractivity contribution in [1.82, 2.24) is 24.9 Å². The van der Waals surface area contributed by atoms with Crippen LogP contribution in [-0.4, -0.2) is 32.0 Å². The summed E-state index contributed by atoms with van der Waals surface area (Å²) in [6.07, 6.45) is 10.0. The summed E-state index contributed by atoms with van der Waals surface area (Å²) in [6.45, 7) is 0.176. The SMILES string of the molecule is C1CCCC1.CNc1nc(-c2cc(-c3ccon3)n(Cc3ccccc3F)n2)ncc1F. The highest BCUT2D eigenvalue weighted by molar-refractivity contribution is 5.63. The average molecular weight is 438 g/mol. The normalized spacial score (nSPS) is 13.0. The Balaban J connectivity index is 0.000000433. The van der Waals surface area contributed by atoms with Gasteiger partial charge in [-0.05, 0) is 12.1 Å². The average Bonchev–Trinajstić information content (AvgIpc) is 3.59. The molecule has 7 nitrogen and oxygen atoms in total. The van der Waals surface area contributed by atoms with Gasteiger partial charge in [-0.1, -0.05) is 55.5 Å². The second-order valence-electron chi connectivity index (χ2n) is 7.46. The highest BCUT2D eigenvalue weighted by Gasteiger charge is 2.17. The fourth-order valence-corrected chi connectivity index (χ4v) is 3.54. The number of nitrogens with zero attached hydrogens (tertiary/aromatic N) is 5. The van der Waals surface area contributed by atoms with E-state index in [4.69, 9.17) is 4.52 Å². The van der Waals surface area contributed by atoms with E-state index in [-0.39, 0.29) is 24.0 Å². The molecule has 0 bridgehead atoms. The zero-order chi connectivity index (χ0) is 22.3. The van der Waals surface area contributed by atoms with Crippen LogP contribution in [0.5, 0.6) is 0 Å². The van der Waals surface area contributed by atoms with Crippen LogP contribution in [0.25, 0.3) is 22.9 Å². The molecule has 0 amide bonds. The van der Waals surface area contributed by atoms with Crippen LogP contribution in [0.2, 0.25) is 0 Å². The van der Waals surface area contributed by atoms with Crippen LogP contribution in [0.1, 0.15) is 37.7 Å². The molecule has 4 aromatic rings. The first kappa shape index (κ1) is 21.6. The number of hydrogen-bond acceptors (Lipinski definition) is 6. The molecular formula is C23H24F2N6O. The van der Waals surface area contributed by atoms with E-state index in [0.29, 0.717) is 22.6 Å². The molecule has 9 heteroatoms. The molecule has 1 N–H and O–H groups in total. The third-order valence-corrected chi connectivity index (χ3v) is 5.22. The highest BCUT2D eigenvalue weighted by atomic mass is 19.1. The Kier molecular flexibility index (Phi) is 6.84. The fourth-order valence-electron chi connectivity index (χ4n) is 3.54. The Morgan fingerprint density at radius 1 is 1.00 bits per heavy atom. The predicted molar refractivity (Wildman–Crippen MR) is 117 cm³/mol. The number of anilines is 1. The molecule has 0 atom stereocenters. The maximum Gasteiger partial charge on any atom is 0.183 e. The van der Waals surface area contributed by atoms with Gasteiger partial charge in [0.1, 0.15) is 23.5 Å². The molecule has 1 aliphatic rings. The topological polar surface area (TPSA) is 81.7 Å². The lowest BCUT2D eigenvalue weighted by Gasteiger charge is -2.06. The first-order chi connectivity index (χ1) is 15.7. The lowest BCUT2D eigenvalue weighted by Crippen LogP contribution is -2.06. The molecule has 0 unspecified atom stereocenters. The number of aromatic nitrogens is 5. The molecule has 32 heavy (non-hydrogen) atoms. The first-order valence-electron chi connectivity index (χ1n) is 10.6. The van der Waals surface area contributed by atoms with Crippen LogP contribution in [0.4, 0.5) is 14.6 Å². The van der Waals surface area contributed by atoms with Crippen LogP contribution in [-0.2, 0) is 6.54 Å². The van der Waals surface area contributed by atoms with Gasteiger partial charge in [0, 0.05) is 18.7 Å². The quantitative estimate of drug-likeness (QED) is 0.455. The van der Waals surface area contributed by atoms with E-state index in [1.54, 1.807) is 42.1 Å². The number of rotatable bonds is 5. The number of halogens is 2. The molecule has 0 aliphatic heterocycles. The molecule has 5 rings (SSSR count).